The van der Waals surface area contributed by atoms with E-state index in [2.05, 4.69) is 5.32 Å². The van der Waals surface area contributed by atoms with Crippen molar-refractivity contribution in [1.82, 2.24) is 5.32 Å². The molecule has 2 aromatic carbocycles. The standard InChI is InChI=1S/C14H15F3N2/c15-14(16,17)9-19-13(8-18)12-7-3-5-10-4-1-2-6-11(10)12/h1-7,13,19H,8-9,18H2. The Hall–Kier alpha value is -1.59. The number of benzene rings is 2. The molecular weight excluding hydrogens is 253 g/mol. The Balaban J connectivity index is 2.30. The maximum atomic E-state index is 12.3. The summed E-state index contributed by atoms with van der Waals surface area (Å²) in [6, 6.07) is 12.6. The minimum Gasteiger partial charge on any atom is -0.329 e. The molecule has 3 N–H and O–H groups in total. The fourth-order valence-electron chi connectivity index (χ4n) is 2.11. The van der Waals surface area contributed by atoms with E-state index in [4.69, 9.17) is 5.73 Å². The Morgan fingerprint density at radius 3 is 2.42 bits per heavy atom. The normalized spacial score (nSPS) is 13.7. The molecule has 0 fully saturated rings. The van der Waals surface area contributed by atoms with Crippen LogP contribution in [0, 0.1) is 0 Å². The smallest absolute Gasteiger partial charge is 0.329 e. The number of halogens is 3. The molecule has 0 saturated carbocycles. The molecule has 0 radical (unpaired) electrons. The van der Waals surface area contributed by atoms with Crippen LogP contribution in [0.1, 0.15) is 11.6 Å². The molecule has 0 bridgehead atoms. The Bertz CT molecular complexity index is 546. The van der Waals surface area contributed by atoms with Crippen LogP contribution < -0.4 is 11.1 Å². The highest BCUT2D eigenvalue weighted by Crippen LogP contribution is 2.24. The van der Waals surface area contributed by atoms with Crippen molar-refractivity contribution in [3.8, 4) is 0 Å². The fraction of sp³-hybridized carbons (Fsp3) is 0.286. The third-order valence-corrected chi connectivity index (χ3v) is 2.98. The van der Waals surface area contributed by atoms with Crippen LogP contribution in [-0.2, 0) is 0 Å². The maximum Gasteiger partial charge on any atom is 0.401 e. The lowest BCUT2D eigenvalue weighted by atomic mass is 9.99. The van der Waals surface area contributed by atoms with Crippen molar-refractivity contribution in [2.75, 3.05) is 13.1 Å². The first kappa shape index (κ1) is 13.8. The lowest BCUT2D eigenvalue weighted by molar-refractivity contribution is -0.126. The van der Waals surface area contributed by atoms with Crippen molar-refractivity contribution >= 4 is 10.8 Å². The number of hydrogen-bond donors (Lipinski definition) is 2. The van der Waals surface area contributed by atoms with Gasteiger partial charge in [-0.15, -0.1) is 0 Å². The van der Waals surface area contributed by atoms with Gasteiger partial charge in [-0.1, -0.05) is 42.5 Å². The van der Waals surface area contributed by atoms with Gasteiger partial charge < -0.3 is 11.1 Å². The second-order valence-corrected chi connectivity index (χ2v) is 4.35. The van der Waals surface area contributed by atoms with Gasteiger partial charge in [0.1, 0.15) is 0 Å². The highest BCUT2D eigenvalue weighted by molar-refractivity contribution is 5.86. The summed E-state index contributed by atoms with van der Waals surface area (Å²) >= 11 is 0. The highest BCUT2D eigenvalue weighted by Gasteiger charge is 2.28. The molecule has 1 unspecified atom stereocenters. The number of nitrogens with one attached hydrogen (secondary N) is 1. The molecule has 0 saturated heterocycles. The minimum absolute atomic E-state index is 0.115. The van der Waals surface area contributed by atoms with Crippen molar-refractivity contribution in [2.45, 2.75) is 12.2 Å². The number of nitrogens with two attached hydrogens (primary N) is 1. The molecule has 0 heterocycles. The summed E-state index contributed by atoms with van der Waals surface area (Å²) in [4.78, 5) is 0. The maximum absolute atomic E-state index is 12.3. The Kier molecular flexibility index (Phi) is 4.07. The van der Waals surface area contributed by atoms with E-state index in [0.29, 0.717) is 0 Å². The molecule has 102 valence electrons. The van der Waals surface area contributed by atoms with E-state index in [9.17, 15) is 13.2 Å². The monoisotopic (exact) mass is 268 g/mol. The van der Waals surface area contributed by atoms with Crippen LogP contribution >= 0.6 is 0 Å². The zero-order chi connectivity index (χ0) is 13.9. The molecule has 0 aliphatic rings. The number of fused-ring (bicyclic) bond motifs is 1. The van der Waals surface area contributed by atoms with Crippen LogP contribution in [0.2, 0.25) is 0 Å². The third-order valence-electron chi connectivity index (χ3n) is 2.98. The Labute approximate surface area is 109 Å². The average Bonchev–Trinajstić information content (AvgIpc) is 2.38. The van der Waals surface area contributed by atoms with Gasteiger partial charge in [-0.3, -0.25) is 0 Å². The summed E-state index contributed by atoms with van der Waals surface area (Å²) in [5.41, 5.74) is 6.39. The van der Waals surface area contributed by atoms with E-state index in [1.807, 2.05) is 42.5 Å². The zero-order valence-corrected chi connectivity index (χ0v) is 10.2. The van der Waals surface area contributed by atoms with Gasteiger partial charge in [0.2, 0.25) is 0 Å². The second-order valence-electron chi connectivity index (χ2n) is 4.35. The second kappa shape index (κ2) is 5.59. The molecule has 2 nitrogen and oxygen atoms in total. The van der Waals surface area contributed by atoms with Crippen molar-refractivity contribution in [3.05, 3.63) is 48.0 Å². The van der Waals surface area contributed by atoms with Gasteiger partial charge in [-0.05, 0) is 16.3 Å². The van der Waals surface area contributed by atoms with Crippen LogP contribution in [0.4, 0.5) is 13.2 Å². The molecule has 0 spiro atoms. The van der Waals surface area contributed by atoms with E-state index in [1.54, 1.807) is 0 Å². The van der Waals surface area contributed by atoms with E-state index in [-0.39, 0.29) is 6.54 Å². The quantitative estimate of drug-likeness (QED) is 0.894. The molecule has 1 atom stereocenters. The van der Waals surface area contributed by atoms with Crippen LogP contribution in [0.25, 0.3) is 10.8 Å². The Morgan fingerprint density at radius 1 is 1.05 bits per heavy atom. The topological polar surface area (TPSA) is 38.0 Å². The summed E-state index contributed by atoms with van der Waals surface area (Å²) in [5.74, 6) is 0. The van der Waals surface area contributed by atoms with Gasteiger partial charge in [-0.2, -0.15) is 13.2 Å². The van der Waals surface area contributed by atoms with E-state index in [1.165, 1.54) is 0 Å². The van der Waals surface area contributed by atoms with Gasteiger partial charge in [0, 0.05) is 12.6 Å². The van der Waals surface area contributed by atoms with Gasteiger partial charge in [0.05, 0.1) is 6.54 Å². The minimum atomic E-state index is -4.24. The van der Waals surface area contributed by atoms with Crippen molar-refractivity contribution < 1.29 is 13.2 Å². The van der Waals surface area contributed by atoms with Crippen LogP contribution in [0.5, 0.6) is 0 Å². The highest BCUT2D eigenvalue weighted by atomic mass is 19.4. The predicted octanol–water partition coefficient (Wildman–Crippen LogP) is 2.99. The summed E-state index contributed by atoms with van der Waals surface area (Å²) in [5, 5.41) is 4.39. The first-order chi connectivity index (χ1) is 9.01. The van der Waals surface area contributed by atoms with Crippen LogP contribution in [0.15, 0.2) is 42.5 Å². The summed E-state index contributed by atoms with van der Waals surface area (Å²) in [6.07, 6.45) is -4.24. The predicted molar refractivity (Wildman–Crippen MR) is 69.8 cm³/mol. The average molecular weight is 268 g/mol. The zero-order valence-electron chi connectivity index (χ0n) is 10.2. The molecular formula is C14H15F3N2. The van der Waals surface area contributed by atoms with Crippen LogP contribution in [-0.4, -0.2) is 19.3 Å². The third kappa shape index (κ3) is 3.45. The largest absolute Gasteiger partial charge is 0.401 e. The van der Waals surface area contributed by atoms with Gasteiger partial charge in [-0.25, -0.2) is 0 Å². The number of hydrogen-bond acceptors (Lipinski definition) is 2. The summed E-state index contributed by atoms with van der Waals surface area (Å²) in [6.45, 7) is -0.928. The summed E-state index contributed by atoms with van der Waals surface area (Å²) < 4.78 is 36.8. The molecule has 5 heteroatoms. The fourth-order valence-corrected chi connectivity index (χ4v) is 2.11. The van der Waals surface area contributed by atoms with E-state index >= 15 is 0 Å². The first-order valence-electron chi connectivity index (χ1n) is 5.99. The molecule has 0 amide bonds. The lowest BCUT2D eigenvalue weighted by Crippen LogP contribution is -2.35. The van der Waals surface area contributed by atoms with Crippen molar-refractivity contribution in [2.24, 2.45) is 5.73 Å². The van der Waals surface area contributed by atoms with Crippen LogP contribution in [0.3, 0.4) is 0 Å². The van der Waals surface area contributed by atoms with Gasteiger partial charge in [0.15, 0.2) is 0 Å². The van der Waals surface area contributed by atoms with Crippen molar-refractivity contribution in [1.29, 1.82) is 0 Å². The Morgan fingerprint density at radius 2 is 1.74 bits per heavy atom. The van der Waals surface area contributed by atoms with Crippen molar-refractivity contribution in [3.63, 3.8) is 0 Å². The van der Waals surface area contributed by atoms with E-state index in [0.717, 1.165) is 16.3 Å². The lowest BCUT2D eigenvalue weighted by Gasteiger charge is -2.20. The molecule has 0 aliphatic heterocycles. The molecule has 0 aromatic heterocycles. The van der Waals surface area contributed by atoms with Gasteiger partial charge >= 0.3 is 6.18 Å². The first-order valence-corrected chi connectivity index (χ1v) is 5.99. The summed E-state index contributed by atoms with van der Waals surface area (Å²) in [7, 11) is 0. The number of alkyl halides is 3. The molecule has 19 heavy (non-hydrogen) atoms. The number of rotatable bonds is 4. The van der Waals surface area contributed by atoms with E-state index < -0.39 is 18.8 Å². The van der Waals surface area contributed by atoms with Gasteiger partial charge in [0.25, 0.3) is 0 Å². The SMILES string of the molecule is NCC(NCC(F)(F)F)c1cccc2ccccc12. The molecule has 0 aliphatic carbocycles. The molecule has 2 aromatic rings. The molecule has 2 rings (SSSR count).